The average Bonchev–Trinajstić information content (AvgIpc) is 3.18. The van der Waals surface area contributed by atoms with Gasteiger partial charge in [-0.2, -0.15) is 9.97 Å². The Kier molecular flexibility index (Phi) is 5.32. The number of halogens is 2. The Morgan fingerprint density at radius 1 is 1.18 bits per heavy atom. The number of aryl methyl sites for hydroxylation is 1. The van der Waals surface area contributed by atoms with E-state index in [0.29, 0.717) is 55.4 Å². The number of anilines is 2. The Morgan fingerprint density at radius 3 is 2.58 bits per heavy atom. The van der Waals surface area contributed by atoms with Crippen LogP contribution in [0.5, 0.6) is 11.8 Å². The predicted octanol–water partition coefficient (Wildman–Crippen LogP) is 3.39. The van der Waals surface area contributed by atoms with E-state index >= 15 is 0 Å². The quantitative estimate of drug-likeness (QED) is 0.474. The maximum atomic E-state index is 14.8. The minimum Gasteiger partial charge on any atom is -0.421 e. The number of nitrogens with one attached hydrogen (secondary N) is 1. The molecule has 3 N–H and O–H groups in total. The van der Waals surface area contributed by atoms with Crippen LogP contribution in [0.15, 0.2) is 24.5 Å². The van der Waals surface area contributed by atoms with Crippen LogP contribution in [-0.4, -0.2) is 52.3 Å². The van der Waals surface area contributed by atoms with Crippen molar-refractivity contribution in [3.8, 4) is 22.9 Å². The zero-order valence-corrected chi connectivity index (χ0v) is 18.5. The largest absolute Gasteiger partial charge is 0.421 e. The average molecular weight is 453 g/mol. The number of hydrogen-bond acceptors (Lipinski definition) is 8. The van der Waals surface area contributed by atoms with Crippen LogP contribution in [0, 0.1) is 12.7 Å². The summed E-state index contributed by atoms with van der Waals surface area (Å²) in [6, 6.07) is 3.12. The third-order valence-electron chi connectivity index (χ3n) is 6.33. The summed E-state index contributed by atoms with van der Waals surface area (Å²) < 4.78 is 35.1. The van der Waals surface area contributed by atoms with Gasteiger partial charge in [-0.05, 0) is 30.2 Å². The molecule has 10 heteroatoms. The number of hydrogen-bond donors (Lipinski definition) is 2. The number of alkyl halides is 1. The van der Waals surface area contributed by atoms with Crippen molar-refractivity contribution < 1.29 is 13.5 Å². The number of fused-ring (bicyclic) bond motifs is 3. The summed E-state index contributed by atoms with van der Waals surface area (Å²) in [5, 5.41) is 3.07. The van der Waals surface area contributed by atoms with Gasteiger partial charge in [0.05, 0.1) is 18.1 Å². The summed E-state index contributed by atoms with van der Waals surface area (Å²) >= 11 is 0. The third kappa shape index (κ3) is 3.95. The molecular weight excluding hydrogens is 428 g/mol. The predicted molar refractivity (Wildman–Crippen MR) is 121 cm³/mol. The van der Waals surface area contributed by atoms with Crippen LogP contribution in [0.4, 0.5) is 20.3 Å². The molecule has 0 unspecified atom stereocenters. The molecule has 3 heterocycles. The van der Waals surface area contributed by atoms with Gasteiger partial charge in [-0.25, -0.2) is 18.7 Å². The summed E-state index contributed by atoms with van der Waals surface area (Å²) in [6.45, 7) is 2.65. The fourth-order valence-corrected chi connectivity index (χ4v) is 4.45. The van der Waals surface area contributed by atoms with Gasteiger partial charge in [0.15, 0.2) is 5.75 Å². The fourth-order valence-electron chi connectivity index (χ4n) is 4.45. The van der Waals surface area contributed by atoms with Gasteiger partial charge >= 0.3 is 6.01 Å². The summed E-state index contributed by atoms with van der Waals surface area (Å²) in [6.07, 6.45) is 4.20. The van der Waals surface area contributed by atoms with Crippen LogP contribution in [0.3, 0.4) is 0 Å². The molecule has 8 nitrogen and oxygen atoms in total. The van der Waals surface area contributed by atoms with Crippen molar-refractivity contribution in [2.75, 3.05) is 36.9 Å². The summed E-state index contributed by atoms with van der Waals surface area (Å²) in [5.41, 5.74) is 8.14. The van der Waals surface area contributed by atoms with Crippen molar-refractivity contribution >= 4 is 11.5 Å². The lowest BCUT2D eigenvalue weighted by Gasteiger charge is -2.37. The number of nitrogens with two attached hydrogens (primary N) is 1. The van der Waals surface area contributed by atoms with Gasteiger partial charge < -0.3 is 20.7 Å². The van der Waals surface area contributed by atoms with E-state index in [9.17, 15) is 8.78 Å². The SMILES string of the molecule is CNc1cc(F)cc2c1Cc1nc(Oc3cnc(C)nc3)nc(N3CCC(F)(CN)CC3)c1-2. The summed E-state index contributed by atoms with van der Waals surface area (Å²) in [7, 11) is 1.76. The Hall–Kier alpha value is -3.40. The van der Waals surface area contributed by atoms with Crippen molar-refractivity contribution in [1.82, 2.24) is 19.9 Å². The van der Waals surface area contributed by atoms with Crippen molar-refractivity contribution in [2.24, 2.45) is 5.73 Å². The van der Waals surface area contributed by atoms with Gasteiger partial charge in [0.2, 0.25) is 0 Å². The molecule has 1 saturated heterocycles. The van der Waals surface area contributed by atoms with Gasteiger partial charge in [-0.3, -0.25) is 0 Å². The molecule has 3 aromatic rings. The van der Waals surface area contributed by atoms with E-state index in [-0.39, 0.29) is 18.4 Å². The standard InChI is InChI=1S/C23H25F2N7O/c1-13-28-10-15(11-29-13)33-22-30-19-9-16-17(7-14(24)8-18(16)27-2)20(19)21(31-22)32-5-3-23(25,12-26)4-6-32/h7-8,10-11,27H,3-6,9,12,26H2,1-2H3. The Morgan fingerprint density at radius 2 is 1.91 bits per heavy atom. The molecule has 1 aromatic carbocycles. The van der Waals surface area contributed by atoms with Crippen LogP contribution < -0.4 is 20.7 Å². The minimum absolute atomic E-state index is 0.00984. The molecule has 0 spiro atoms. The maximum Gasteiger partial charge on any atom is 0.324 e. The lowest BCUT2D eigenvalue weighted by Crippen LogP contribution is -2.46. The zero-order valence-electron chi connectivity index (χ0n) is 18.5. The summed E-state index contributed by atoms with van der Waals surface area (Å²) in [5.74, 6) is 1.29. The number of nitrogens with zero attached hydrogens (tertiary/aromatic N) is 5. The molecule has 1 aliphatic carbocycles. The second-order valence-electron chi connectivity index (χ2n) is 8.47. The van der Waals surface area contributed by atoms with Gasteiger partial charge in [-0.1, -0.05) is 0 Å². The van der Waals surface area contributed by atoms with E-state index in [0.717, 1.165) is 22.4 Å². The van der Waals surface area contributed by atoms with Gasteiger partial charge in [0, 0.05) is 57.2 Å². The first-order valence-electron chi connectivity index (χ1n) is 10.9. The monoisotopic (exact) mass is 453 g/mol. The molecule has 2 aromatic heterocycles. The molecule has 0 saturated carbocycles. The molecule has 1 fully saturated rings. The van der Waals surface area contributed by atoms with Crippen molar-refractivity contribution in [2.45, 2.75) is 31.9 Å². The van der Waals surface area contributed by atoms with Crippen LogP contribution in [0.2, 0.25) is 0 Å². The first kappa shape index (κ1) is 21.4. The highest BCUT2D eigenvalue weighted by Gasteiger charge is 2.36. The van der Waals surface area contributed by atoms with Crippen LogP contribution in [0.1, 0.15) is 29.9 Å². The van der Waals surface area contributed by atoms with Crippen LogP contribution >= 0.6 is 0 Å². The van der Waals surface area contributed by atoms with Gasteiger partial charge in [0.1, 0.15) is 23.1 Å². The molecule has 5 rings (SSSR count). The number of ether oxygens (including phenoxy) is 1. The molecule has 1 aliphatic heterocycles. The Balaban J connectivity index is 1.59. The van der Waals surface area contributed by atoms with Crippen LogP contribution in [0.25, 0.3) is 11.1 Å². The molecule has 2 aliphatic rings. The molecular formula is C23H25F2N7O. The molecule has 0 bridgehead atoms. The van der Waals surface area contributed by atoms with E-state index in [1.807, 2.05) is 4.90 Å². The van der Waals surface area contributed by atoms with Gasteiger partial charge in [0.25, 0.3) is 0 Å². The zero-order chi connectivity index (χ0) is 23.2. The second-order valence-corrected chi connectivity index (χ2v) is 8.47. The maximum absolute atomic E-state index is 14.8. The lowest BCUT2D eigenvalue weighted by atomic mass is 9.93. The third-order valence-corrected chi connectivity index (χ3v) is 6.33. The second kappa shape index (κ2) is 8.18. The number of piperidine rings is 1. The molecule has 172 valence electrons. The van der Waals surface area contributed by atoms with E-state index in [4.69, 9.17) is 10.5 Å². The first-order chi connectivity index (χ1) is 15.9. The van der Waals surface area contributed by atoms with Gasteiger partial charge in [-0.15, -0.1) is 0 Å². The molecule has 0 radical (unpaired) electrons. The molecule has 0 atom stereocenters. The number of benzene rings is 1. The highest BCUT2D eigenvalue weighted by Crippen LogP contribution is 2.46. The molecule has 33 heavy (non-hydrogen) atoms. The fraction of sp³-hybridized carbons (Fsp3) is 0.391. The Labute approximate surface area is 190 Å². The van der Waals surface area contributed by atoms with Crippen molar-refractivity contribution in [3.63, 3.8) is 0 Å². The highest BCUT2D eigenvalue weighted by molar-refractivity contribution is 5.88. The highest BCUT2D eigenvalue weighted by atomic mass is 19.1. The topological polar surface area (TPSA) is 102 Å². The molecule has 0 amide bonds. The summed E-state index contributed by atoms with van der Waals surface area (Å²) in [4.78, 5) is 19.6. The minimum atomic E-state index is -1.38. The van der Waals surface area contributed by atoms with Crippen molar-refractivity contribution in [1.29, 1.82) is 0 Å². The van der Waals surface area contributed by atoms with Crippen molar-refractivity contribution in [3.05, 3.63) is 47.4 Å². The Bertz CT molecular complexity index is 1190. The van der Waals surface area contributed by atoms with Crippen LogP contribution in [-0.2, 0) is 6.42 Å². The number of aromatic nitrogens is 4. The van der Waals surface area contributed by atoms with E-state index in [1.165, 1.54) is 12.1 Å². The first-order valence-corrected chi connectivity index (χ1v) is 10.9. The van der Waals surface area contributed by atoms with E-state index in [2.05, 4.69) is 25.3 Å². The lowest BCUT2D eigenvalue weighted by molar-refractivity contribution is 0.135. The van der Waals surface area contributed by atoms with E-state index in [1.54, 1.807) is 26.4 Å². The number of rotatable bonds is 5. The normalized spacial score (nSPS) is 16.3. The smallest absolute Gasteiger partial charge is 0.324 e. The van der Waals surface area contributed by atoms with E-state index < -0.39 is 5.67 Å².